The fraction of sp³-hybridized carbons (Fsp3) is 0.265. The Morgan fingerprint density at radius 3 is 1.16 bits per heavy atom. The van der Waals surface area contributed by atoms with Gasteiger partial charge in [-0.05, 0) is 143 Å². The van der Waals surface area contributed by atoms with Gasteiger partial charge < -0.3 is 9.13 Å². The van der Waals surface area contributed by atoms with E-state index in [1.807, 2.05) is 12.4 Å². The monoisotopic (exact) mass is 969 g/mol. The van der Waals surface area contributed by atoms with E-state index in [1.54, 1.807) is 0 Å². The van der Waals surface area contributed by atoms with Crippen LogP contribution in [0.3, 0.4) is 0 Å². The van der Waals surface area contributed by atoms with E-state index in [0.717, 1.165) is 61.3 Å². The van der Waals surface area contributed by atoms with Crippen LogP contribution >= 0.6 is 0 Å². The molecule has 0 fully saturated rings. The van der Waals surface area contributed by atoms with E-state index in [0.29, 0.717) is 17.5 Å². The summed E-state index contributed by atoms with van der Waals surface area (Å²) in [6.07, 6.45) is 3.96. The number of hydrogen-bond donors (Lipinski definition) is 0. The summed E-state index contributed by atoms with van der Waals surface area (Å²) in [7, 11) is 0. The highest BCUT2D eigenvalue weighted by atomic mass is 15.0. The van der Waals surface area contributed by atoms with Crippen molar-refractivity contribution in [2.45, 2.75) is 119 Å². The maximum atomic E-state index is 5.54. The zero-order valence-corrected chi connectivity index (χ0v) is 45.7. The van der Waals surface area contributed by atoms with Gasteiger partial charge in [0.15, 0.2) is 17.5 Å². The van der Waals surface area contributed by atoms with E-state index in [1.165, 1.54) is 54.9 Å². The van der Waals surface area contributed by atoms with Gasteiger partial charge >= 0.3 is 0 Å². The number of benzene rings is 7. The van der Waals surface area contributed by atoms with Crippen molar-refractivity contribution < 1.29 is 0 Å². The first-order valence-corrected chi connectivity index (χ1v) is 26.2. The second kappa shape index (κ2) is 17.5. The fourth-order valence-electron chi connectivity index (χ4n) is 10.6. The predicted molar refractivity (Wildman–Crippen MR) is 312 cm³/mol. The van der Waals surface area contributed by atoms with Crippen molar-refractivity contribution in [3.8, 4) is 56.7 Å². The molecule has 6 nitrogen and oxygen atoms in total. The Morgan fingerprint density at radius 1 is 0.338 bits per heavy atom. The van der Waals surface area contributed by atoms with Crippen molar-refractivity contribution >= 4 is 43.6 Å². The lowest BCUT2D eigenvalue weighted by Gasteiger charge is -2.26. The number of para-hydroxylation sites is 2. The summed E-state index contributed by atoms with van der Waals surface area (Å²) >= 11 is 0. The summed E-state index contributed by atoms with van der Waals surface area (Å²) in [6.45, 7) is 31.7. The second-order valence-electron chi connectivity index (χ2n) is 24.8. The smallest absolute Gasteiger partial charge is 0.164 e. The molecule has 0 radical (unpaired) electrons. The topological polar surface area (TPSA) is 61.4 Å². The number of aromatic nitrogens is 6. The first-order valence-electron chi connectivity index (χ1n) is 26.2. The molecule has 0 N–H and O–H groups in total. The predicted octanol–water partition coefficient (Wildman–Crippen LogP) is 17.9. The molecule has 11 rings (SSSR count). The van der Waals surface area contributed by atoms with Crippen LogP contribution in [-0.4, -0.2) is 29.1 Å². The molecular formula is C68H68N6. The molecule has 0 spiro atoms. The molecule has 0 aliphatic rings. The summed E-state index contributed by atoms with van der Waals surface area (Å²) in [5, 5.41) is 4.85. The van der Waals surface area contributed by atoms with Gasteiger partial charge in [0.25, 0.3) is 0 Å². The van der Waals surface area contributed by atoms with Gasteiger partial charge in [-0.15, -0.1) is 0 Å². The zero-order valence-electron chi connectivity index (χ0n) is 45.7. The van der Waals surface area contributed by atoms with Crippen LogP contribution < -0.4 is 0 Å². The molecule has 0 aliphatic heterocycles. The zero-order chi connectivity index (χ0) is 52.2. The quantitative estimate of drug-likeness (QED) is 0.167. The molecule has 4 heterocycles. The van der Waals surface area contributed by atoms with E-state index in [9.17, 15) is 0 Å². The van der Waals surface area contributed by atoms with Crippen LogP contribution in [0, 0.1) is 13.8 Å². The van der Waals surface area contributed by atoms with Gasteiger partial charge in [-0.3, -0.25) is 4.98 Å². The van der Waals surface area contributed by atoms with Gasteiger partial charge in [0.2, 0.25) is 0 Å². The highest BCUT2D eigenvalue weighted by Gasteiger charge is 2.27. The molecule has 0 amide bonds. The van der Waals surface area contributed by atoms with Crippen LogP contribution in [0.5, 0.6) is 0 Å². The first-order chi connectivity index (χ1) is 35.0. The third-order valence-electron chi connectivity index (χ3n) is 15.0. The fourth-order valence-corrected chi connectivity index (χ4v) is 10.6. The molecule has 11 aromatic rings. The Morgan fingerprint density at radius 2 is 0.730 bits per heavy atom. The highest BCUT2D eigenvalue weighted by Crippen LogP contribution is 2.43. The molecular weight excluding hydrogens is 901 g/mol. The maximum absolute atomic E-state index is 5.54. The highest BCUT2D eigenvalue weighted by molar-refractivity contribution is 6.11. The molecule has 0 aliphatic carbocycles. The standard InChI is InChI=1S/C68H68N6/c1-41-23-26-58-52(31-41)53-32-42(2)24-27-59(53)74(58)61-29-30-69-40-55(61)54-37-43(25-28-60(54)73-56-21-17-15-19-50(56)51-20-16-18-22-57(51)73)62-70-63(44-33-46(65(3,4)5)38-47(34-44)66(6,7)8)72-64(71-62)45-35-48(67(9,10)11)39-49(36-45)68(12,13)14/h15-40H,1-14H3. The molecule has 0 unspecified atom stereocenters. The van der Waals surface area contributed by atoms with E-state index in [2.05, 4.69) is 252 Å². The third kappa shape index (κ3) is 8.68. The van der Waals surface area contributed by atoms with Crippen molar-refractivity contribution in [1.29, 1.82) is 0 Å². The number of rotatable bonds is 6. The average molecular weight is 969 g/mol. The van der Waals surface area contributed by atoms with Gasteiger partial charge in [-0.2, -0.15) is 0 Å². The van der Waals surface area contributed by atoms with Crippen molar-refractivity contribution in [3.63, 3.8) is 0 Å². The summed E-state index contributed by atoms with van der Waals surface area (Å²) in [5.74, 6) is 1.89. The van der Waals surface area contributed by atoms with E-state index in [4.69, 9.17) is 19.9 Å². The summed E-state index contributed by atoms with van der Waals surface area (Å²) in [6, 6.07) is 53.9. The minimum absolute atomic E-state index is 0.107. The Bertz CT molecular complexity index is 3750. The third-order valence-corrected chi connectivity index (χ3v) is 15.0. The van der Waals surface area contributed by atoms with Gasteiger partial charge in [0, 0.05) is 61.8 Å². The van der Waals surface area contributed by atoms with Crippen LogP contribution in [0.15, 0.2) is 158 Å². The summed E-state index contributed by atoms with van der Waals surface area (Å²) in [4.78, 5) is 21.5. The van der Waals surface area contributed by atoms with Gasteiger partial charge in [-0.25, -0.2) is 15.0 Å². The molecule has 0 saturated heterocycles. The van der Waals surface area contributed by atoms with Gasteiger partial charge in [0.05, 0.1) is 33.4 Å². The largest absolute Gasteiger partial charge is 0.309 e. The van der Waals surface area contributed by atoms with Crippen LogP contribution in [0.4, 0.5) is 0 Å². The van der Waals surface area contributed by atoms with Crippen molar-refractivity contribution in [2.75, 3.05) is 0 Å². The van der Waals surface area contributed by atoms with Crippen molar-refractivity contribution in [1.82, 2.24) is 29.1 Å². The number of hydrogen-bond acceptors (Lipinski definition) is 4. The Balaban J connectivity index is 1.24. The Labute approximate surface area is 437 Å². The lowest BCUT2D eigenvalue weighted by molar-refractivity contribution is 0.568. The molecule has 74 heavy (non-hydrogen) atoms. The van der Waals surface area contributed by atoms with Crippen LogP contribution in [0.25, 0.3) is 100 Å². The molecule has 7 aromatic carbocycles. The number of aryl methyl sites for hydroxylation is 2. The van der Waals surface area contributed by atoms with Crippen LogP contribution in [0.1, 0.15) is 116 Å². The summed E-state index contributed by atoms with van der Waals surface area (Å²) < 4.78 is 4.84. The lowest BCUT2D eigenvalue weighted by Crippen LogP contribution is -2.17. The minimum atomic E-state index is -0.107. The lowest BCUT2D eigenvalue weighted by atomic mass is 9.79. The second-order valence-corrected chi connectivity index (χ2v) is 24.8. The summed E-state index contributed by atoms with van der Waals surface area (Å²) in [5.41, 5.74) is 18.4. The molecule has 6 heteroatoms. The average Bonchev–Trinajstić information content (AvgIpc) is 3.87. The molecule has 0 atom stereocenters. The number of nitrogens with zero attached hydrogens (tertiary/aromatic N) is 6. The van der Waals surface area contributed by atoms with Crippen LogP contribution in [0.2, 0.25) is 0 Å². The van der Waals surface area contributed by atoms with Crippen molar-refractivity contribution in [3.05, 3.63) is 191 Å². The van der Waals surface area contributed by atoms with E-state index >= 15 is 0 Å². The molecule has 0 bridgehead atoms. The Hall–Kier alpha value is -7.70. The number of fused-ring (bicyclic) bond motifs is 6. The molecule has 370 valence electrons. The van der Waals surface area contributed by atoms with Crippen molar-refractivity contribution in [2.24, 2.45) is 0 Å². The van der Waals surface area contributed by atoms with E-state index in [-0.39, 0.29) is 21.7 Å². The SMILES string of the molecule is Cc1ccc2c(c1)c1cc(C)ccc1n2-c1ccncc1-c1cc(-c2nc(-c3cc(C(C)(C)C)cc(C(C)(C)C)c3)nc(-c3cc(C(C)(C)C)cc(C(C)(C)C)c3)n2)ccc1-n1c2ccccc2c2ccccc21. The normalized spacial score (nSPS) is 12.7. The maximum Gasteiger partial charge on any atom is 0.164 e. The van der Waals surface area contributed by atoms with E-state index < -0.39 is 0 Å². The minimum Gasteiger partial charge on any atom is -0.309 e. The van der Waals surface area contributed by atoms with Crippen LogP contribution in [-0.2, 0) is 21.7 Å². The Kier molecular flexibility index (Phi) is 11.5. The van der Waals surface area contributed by atoms with Gasteiger partial charge in [0.1, 0.15) is 0 Å². The molecule has 0 saturated carbocycles. The molecule has 4 aromatic heterocycles. The van der Waals surface area contributed by atoms with Gasteiger partial charge in [-0.1, -0.05) is 155 Å². The first kappa shape index (κ1) is 48.6. The number of pyridine rings is 1.